The molecule has 0 fully saturated rings. The second kappa shape index (κ2) is 9.23. The Morgan fingerprint density at radius 3 is 2.50 bits per heavy atom. The van der Waals surface area contributed by atoms with Crippen LogP contribution in [0.15, 0.2) is 42.5 Å². The molecular formula is C16H24OS. The topological polar surface area (TPSA) is 20.2 Å². The summed E-state index contributed by atoms with van der Waals surface area (Å²) in [6.45, 7) is 4.55. The molecule has 0 aromatic heterocycles. The van der Waals surface area contributed by atoms with Crippen molar-refractivity contribution >= 4 is 11.8 Å². The van der Waals surface area contributed by atoms with Crippen LogP contribution in [0, 0.1) is 5.92 Å². The number of hydrogen-bond donors (Lipinski definition) is 1. The van der Waals surface area contributed by atoms with E-state index in [2.05, 4.69) is 56.3 Å². The lowest BCUT2D eigenvalue weighted by molar-refractivity contribution is 0.307. The number of aliphatic hydroxyl groups excluding tert-OH is 1. The highest BCUT2D eigenvalue weighted by molar-refractivity contribution is 8.00. The molecule has 1 aromatic carbocycles. The molecule has 1 rings (SSSR count). The fourth-order valence-corrected chi connectivity index (χ4v) is 2.59. The third-order valence-electron chi connectivity index (χ3n) is 2.68. The maximum absolute atomic E-state index is 9.28. The molecule has 1 atom stereocenters. The zero-order chi connectivity index (χ0) is 13.2. The lowest BCUT2D eigenvalue weighted by atomic mass is 10.1. The quantitative estimate of drug-likeness (QED) is 0.567. The second-order valence-corrected chi connectivity index (χ2v) is 6.16. The minimum Gasteiger partial charge on any atom is -0.395 e. The summed E-state index contributed by atoms with van der Waals surface area (Å²) >= 11 is 1.85. The van der Waals surface area contributed by atoms with Gasteiger partial charge in [0.15, 0.2) is 0 Å². The Balaban J connectivity index is 2.20. The first-order chi connectivity index (χ1) is 8.72. The average Bonchev–Trinajstić information content (AvgIpc) is 2.39. The smallest absolute Gasteiger partial charge is 0.0585 e. The van der Waals surface area contributed by atoms with Crippen LogP contribution in [0.1, 0.15) is 25.8 Å². The molecule has 1 N–H and O–H groups in total. The Kier molecular flexibility index (Phi) is 7.86. The van der Waals surface area contributed by atoms with Gasteiger partial charge in [0.05, 0.1) is 6.61 Å². The van der Waals surface area contributed by atoms with E-state index in [0.29, 0.717) is 5.92 Å². The van der Waals surface area contributed by atoms with Crippen LogP contribution < -0.4 is 0 Å². The van der Waals surface area contributed by atoms with Gasteiger partial charge >= 0.3 is 0 Å². The van der Waals surface area contributed by atoms with Crippen LogP contribution in [0.3, 0.4) is 0 Å². The molecule has 0 spiro atoms. The van der Waals surface area contributed by atoms with Crippen molar-refractivity contribution in [1.82, 2.24) is 0 Å². The molecule has 0 saturated heterocycles. The molecule has 100 valence electrons. The number of rotatable bonds is 8. The van der Waals surface area contributed by atoms with E-state index in [1.54, 1.807) is 0 Å². The maximum Gasteiger partial charge on any atom is 0.0585 e. The fourth-order valence-electron chi connectivity index (χ4n) is 1.67. The Labute approximate surface area is 115 Å². The summed E-state index contributed by atoms with van der Waals surface area (Å²) in [5.74, 6) is 1.66. The van der Waals surface area contributed by atoms with E-state index in [9.17, 15) is 5.11 Å². The van der Waals surface area contributed by atoms with Gasteiger partial charge in [0.25, 0.3) is 0 Å². The number of aryl methyl sites for hydroxylation is 1. The van der Waals surface area contributed by atoms with Gasteiger partial charge in [-0.15, -0.1) is 0 Å². The summed E-state index contributed by atoms with van der Waals surface area (Å²) in [6, 6.07) is 10.6. The monoisotopic (exact) mass is 264 g/mol. The summed E-state index contributed by atoms with van der Waals surface area (Å²) in [5, 5.41) is 9.54. The van der Waals surface area contributed by atoms with Gasteiger partial charge in [0.2, 0.25) is 0 Å². The van der Waals surface area contributed by atoms with E-state index in [-0.39, 0.29) is 11.9 Å². The zero-order valence-corrected chi connectivity index (χ0v) is 12.2. The Hall–Kier alpha value is -0.730. The minimum absolute atomic E-state index is 0.235. The number of aliphatic hydroxyl groups is 1. The summed E-state index contributed by atoms with van der Waals surface area (Å²) in [4.78, 5) is 0. The second-order valence-electron chi connectivity index (χ2n) is 4.81. The van der Waals surface area contributed by atoms with Crippen LogP contribution in [-0.4, -0.2) is 22.7 Å². The van der Waals surface area contributed by atoms with Crippen molar-refractivity contribution in [3.8, 4) is 0 Å². The molecule has 0 amide bonds. The normalized spacial score (nSPS) is 13.3. The molecule has 0 aliphatic heterocycles. The first-order valence-electron chi connectivity index (χ1n) is 6.67. The molecule has 18 heavy (non-hydrogen) atoms. The van der Waals surface area contributed by atoms with E-state index in [0.717, 1.165) is 12.2 Å². The largest absolute Gasteiger partial charge is 0.395 e. The average molecular weight is 264 g/mol. The van der Waals surface area contributed by atoms with Crippen molar-refractivity contribution in [2.75, 3.05) is 12.4 Å². The third kappa shape index (κ3) is 6.87. The van der Waals surface area contributed by atoms with E-state index in [1.807, 2.05) is 11.8 Å². The highest BCUT2D eigenvalue weighted by Crippen LogP contribution is 2.15. The number of thioether (sulfide) groups is 1. The van der Waals surface area contributed by atoms with Gasteiger partial charge < -0.3 is 5.11 Å². The molecule has 0 radical (unpaired) electrons. The molecular weight excluding hydrogens is 240 g/mol. The van der Waals surface area contributed by atoms with Gasteiger partial charge in [-0.2, -0.15) is 11.8 Å². The third-order valence-corrected chi connectivity index (χ3v) is 3.93. The summed E-state index contributed by atoms with van der Waals surface area (Å²) in [7, 11) is 0. The predicted molar refractivity (Wildman–Crippen MR) is 82.1 cm³/mol. The van der Waals surface area contributed by atoms with Gasteiger partial charge in [-0.3, -0.25) is 0 Å². The van der Waals surface area contributed by atoms with Crippen molar-refractivity contribution in [3.05, 3.63) is 48.0 Å². The zero-order valence-electron chi connectivity index (χ0n) is 11.4. The van der Waals surface area contributed by atoms with Crippen molar-refractivity contribution < 1.29 is 5.11 Å². The molecule has 2 heteroatoms. The Morgan fingerprint density at radius 2 is 1.89 bits per heavy atom. The Morgan fingerprint density at radius 1 is 1.17 bits per heavy atom. The fraction of sp³-hybridized carbons (Fsp3) is 0.500. The molecule has 0 aliphatic rings. The van der Waals surface area contributed by atoms with Crippen molar-refractivity contribution in [2.45, 2.75) is 31.9 Å². The predicted octanol–water partition coefficient (Wildman–Crippen LogP) is 3.93. The number of benzene rings is 1. The van der Waals surface area contributed by atoms with Crippen molar-refractivity contribution in [2.24, 2.45) is 5.92 Å². The van der Waals surface area contributed by atoms with Gasteiger partial charge in [0, 0.05) is 5.25 Å². The van der Waals surface area contributed by atoms with E-state index >= 15 is 0 Å². The number of hydrogen-bond acceptors (Lipinski definition) is 2. The molecule has 0 heterocycles. The molecule has 0 saturated carbocycles. The summed E-state index contributed by atoms with van der Waals surface area (Å²) < 4.78 is 0. The van der Waals surface area contributed by atoms with Crippen LogP contribution in [0.4, 0.5) is 0 Å². The van der Waals surface area contributed by atoms with Gasteiger partial charge in [-0.05, 0) is 30.1 Å². The van der Waals surface area contributed by atoms with Crippen LogP contribution in [0.2, 0.25) is 0 Å². The maximum atomic E-state index is 9.28. The number of allylic oxidation sites excluding steroid dienone is 1. The van der Waals surface area contributed by atoms with Crippen LogP contribution in [-0.2, 0) is 6.42 Å². The first-order valence-corrected chi connectivity index (χ1v) is 7.72. The lowest BCUT2D eigenvalue weighted by Gasteiger charge is -2.09. The van der Waals surface area contributed by atoms with Crippen molar-refractivity contribution in [1.29, 1.82) is 0 Å². The van der Waals surface area contributed by atoms with E-state index < -0.39 is 0 Å². The first kappa shape index (κ1) is 15.3. The van der Waals surface area contributed by atoms with E-state index in [4.69, 9.17) is 0 Å². The molecule has 1 aromatic rings. The van der Waals surface area contributed by atoms with Gasteiger partial charge in [-0.25, -0.2) is 0 Å². The molecule has 0 unspecified atom stereocenters. The van der Waals surface area contributed by atoms with Gasteiger partial charge in [0.1, 0.15) is 0 Å². The molecule has 0 aliphatic carbocycles. The molecule has 1 nitrogen and oxygen atoms in total. The standard InChI is InChI=1S/C16H24OS/c1-14(2)10-11-16(13-17)18-12-6-9-15-7-4-3-5-8-15/h3-5,7-8,10-11,14,16-17H,6,9,12-13H2,1-2H3/b11-10+/t16-/m1/s1. The van der Waals surface area contributed by atoms with Gasteiger partial charge in [-0.1, -0.05) is 56.3 Å². The SMILES string of the molecule is CC(C)/C=C/[C@H](CO)SCCCc1ccccc1. The summed E-state index contributed by atoms with van der Waals surface area (Å²) in [6.07, 6.45) is 6.60. The van der Waals surface area contributed by atoms with E-state index in [1.165, 1.54) is 12.0 Å². The van der Waals surface area contributed by atoms with Crippen LogP contribution >= 0.6 is 11.8 Å². The van der Waals surface area contributed by atoms with Crippen molar-refractivity contribution in [3.63, 3.8) is 0 Å². The highest BCUT2D eigenvalue weighted by Gasteiger charge is 2.03. The van der Waals surface area contributed by atoms with Crippen LogP contribution in [0.25, 0.3) is 0 Å². The molecule has 0 bridgehead atoms. The minimum atomic E-state index is 0.235. The lowest BCUT2D eigenvalue weighted by Crippen LogP contribution is -2.06. The highest BCUT2D eigenvalue weighted by atomic mass is 32.2. The summed E-state index contributed by atoms with van der Waals surface area (Å²) in [5.41, 5.74) is 1.40. The van der Waals surface area contributed by atoms with Crippen LogP contribution in [0.5, 0.6) is 0 Å². The Bertz CT molecular complexity index is 332.